The van der Waals surface area contributed by atoms with Crippen LogP contribution < -0.4 is 4.74 Å². The van der Waals surface area contributed by atoms with E-state index in [0.29, 0.717) is 17.9 Å². The number of aliphatic hydroxyl groups is 1. The van der Waals surface area contributed by atoms with Crippen molar-refractivity contribution in [2.45, 2.75) is 53.5 Å². The topological polar surface area (TPSA) is 83.9 Å². The van der Waals surface area contributed by atoms with Crippen LogP contribution in [0.25, 0.3) is 0 Å². The highest BCUT2D eigenvalue weighted by atomic mass is 16.5. The number of rotatable bonds is 6. The van der Waals surface area contributed by atoms with Crippen LogP contribution in [0.4, 0.5) is 0 Å². The fraction of sp³-hybridized carbons (Fsp3) is 0.476. The quantitative estimate of drug-likeness (QED) is 0.607. The van der Waals surface area contributed by atoms with Crippen LogP contribution in [0.5, 0.6) is 5.75 Å². The lowest BCUT2D eigenvalue weighted by atomic mass is 9.82. The molecule has 1 unspecified atom stereocenters. The minimum Gasteiger partial charge on any atom is -0.503 e. The summed E-state index contributed by atoms with van der Waals surface area (Å²) in [4.78, 5) is 38.3. The van der Waals surface area contributed by atoms with Gasteiger partial charge in [0.25, 0.3) is 5.91 Å². The monoisotopic (exact) mass is 373 g/mol. The summed E-state index contributed by atoms with van der Waals surface area (Å²) in [5, 5.41) is 10.5. The van der Waals surface area contributed by atoms with Crippen LogP contribution in [0.2, 0.25) is 0 Å². The highest BCUT2D eigenvalue weighted by molar-refractivity contribution is 6.10. The van der Waals surface area contributed by atoms with E-state index in [1.54, 1.807) is 49.9 Å². The Balaban J connectivity index is 2.49. The lowest BCUT2D eigenvalue weighted by molar-refractivity contribution is -0.132. The smallest absolute Gasteiger partial charge is 0.308 e. The average Bonchev–Trinajstić information content (AvgIpc) is 2.83. The molecule has 1 amide bonds. The van der Waals surface area contributed by atoms with Gasteiger partial charge in [-0.15, -0.1) is 0 Å². The zero-order valence-corrected chi connectivity index (χ0v) is 16.5. The first-order valence-corrected chi connectivity index (χ1v) is 9.15. The molecule has 2 rings (SSSR count). The molecule has 0 saturated heterocycles. The van der Waals surface area contributed by atoms with Gasteiger partial charge in [0.15, 0.2) is 11.5 Å². The number of hydrogen-bond donors (Lipinski definition) is 1. The second-order valence-corrected chi connectivity index (χ2v) is 7.76. The molecule has 1 aliphatic rings. The number of ketones is 1. The lowest BCUT2D eigenvalue weighted by Crippen LogP contribution is -2.33. The van der Waals surface area contributed by atoms with E-state index in [1.807, 2.05) is 6.92 Å². The van der Waals surface area contributed by atoms with Gasteiger partial charge in [0, 0.05) is 18.9 Å². The lowest BCUT2D eigenvalue weighted by Gasteiger charge is -2.29. The predicted molar refractivity (Wildman–Crippen MR) is 101 cm³/mol. The third kappa shape index (κ3) is 4.38. The van der Waals surface area contributed by atoms with Crippen molar-refractivity contribution >= 4 is 17.7 Å². The molecule has 1 aromatic carbocycles. The minimum absolute atomic E-state index is 0.129. The number of esters is 1. The van der Waals surface area contributed by atoms with Crippen molar-refractivity contribution in [1.29, 1.82) is 0 Å². The molecule has 27 heavy (non-hydrogen) atoms. The third-order valence-corrected chi connectivity index (χ3v) is 4.44. The summed E-state index contributed by atoms with van der Waals surface area (Å²) in [6, 6.07) is 6.01. The van der Waals surface area contributed by atoms with Gasteiger partial charge in [0.1, 0.15) is 5.75 Å². The molecule has 0 radical (unpaired) electrons. The Kier molecular flexibility index (Phi) is 6.08. The number of aliphatic hydroxyl groups excluding tert-OH is 1. The van der Waals surface area contributed by atoms with Crippen molar-refractivity contribution in [1.82, 2.24) is 4.90 Å². The molecule has 6 heteroatoms. The fourth-order valence-electron chi connectivity index (χ4n) is 3.08. The Morgan fingerprint density at radius 1 is 1.19 bits per heavy atom. The second-order valence-electron chi connectivity index (χ2n) is 7.76. The van der Waals surface area contributed by atoms with E-state index in [4.69, 9.17) is 4.74 Å². The molecule has 0 aliphatic carbocycles. The standard InChI is InChI=1S/C21H27NO5/c1-6-7-12-22-17(14-8-10-15(11-9-14)27-13(2)23)16(18(24)20(22)26)19(25)21(3,4)5/h8-11,17,24H,6-7,12H2,1-5H3. The number of amides is 1. The van der Waals surface area contributed by atoms with Crippen LogP contribution in [0, 0.1) is 5.41 Å². The maximum absolute atomic E-state index is 13.0. The number of ether oxygens (including phenoxy) is 1. The molecule has 1 heterocycles. The number of benzene rings is 1. The Hall–Kier alpha value is -2.63. The zero-order valence-electron chi connectivity index (χ0n) is 16.5. The van der Waals surface area contributed by atoms with Crippen molar-refractivity contribution in [3.05, 3.63) is 41.2 Å². The van der Waals surface area contributed by atoms with Gasteiger partial charge in [0.05, 0.1) is 11.6 Å². The first kappa shape index (κ1) is 20.7. The van der Waals surface area contributed by atoms with E-state index < -0.39 is 29.1 Å². The van der Waals surface area contributed by atoms with Gasteiger partial charge in [-0.3, -0.25) is 14.4 Å². The summed E-state index contributed by atoms with van der Waals surface area (Å²) < 4.78 is 5.05. The summed E-state index contributed by atoms with van der Waals surface area (Å²) in [6.45, 7) is 9.05. The normalized spacial score (nSPS) is 17.4. The number of Topliss-reactive ketones (excluding diaryl/α,β-unsaturated/α-hetero) is 1. The van der Waals surface area contributed by atoms with Crippen molar-refractivity contribution in [3.63, 3.8) is 0 Å². The molecule has 0 aromatic heterocycles. The highest BCUT2D eigenvalue weighted by Crippen LogP contribution is 2.41. The van der Waals surface area contributed by atoms with E-state index in [-0.39, 0.29) is 11.4 Å². The molecular weight excluding hydrogens is 346 g/mol. The second kappa shape index (κ2) is 7.94. The summed E-state index contributed by atoms with van der Waals surface area (Å²) >= 11 is 0. The van der Waals surface area contributed by atoms with Crippen molar-refractivity contribution < 1.29 is 24.2 Å². The van der Waals surface area contributed by atoms with Gasteiger partial charge < -0.3 is 14.7 Å². The molecule has 1 N–H and O–H groups in total. The maximum atomic E-state index is 13.0. The van der Waals surface area contributed by atoms with Gasteiger partial charge in [-0.1, -0.05) is 46.2 Å². The van der Waals surface area contributed by atoms with Crippen LogP contribution in [-0.2, 0) is 14.4 Å². The van der Waals surface area contributed by atoms with E-state index >= 15 is 0 Å². The van der Waals surface area contributed by atoms with E-state index in [9.17, 15) is 19.5 Å². The van der Waals surface area contributed by atoms with Crippen molar-refractivity contribution in [2.24, 2.45) is 5.41 Å². The molecule has 0 spiro atoms. The van der Waals surface area contributed by atoms with E-state index in [1.165, 1.54) is 6.92 Å². The fourth-order valence-corrected chi connectivity index (χ4v) is 3.08. The Labute approximate surface area is 159 Å². The summed E-state index contributed by atoms with van der Waals surface area (Å²) in [5.41, 5.74) is 0.0798. The Morgan fingerprint density at radius 3 is 2.26 bits per heavy atom. The molecule has 1 atom stereocenters. The predicted octanol–water partition coefficient (Wildman–Crippen LogP) is 3.72. The van der Waals surface area contributed by atoms with Crippen molar-refractivity contribution in [3.8, 4) is 5.75 Å². The van der Waals surface area contributed by atoms with Gasteiger partial charge in [-0.05, 0) is 24.1 Å². The van der Waals surface area contributed by atoms with Gasteiger partial charge in [-0.2, -0.15) is 0 Å². The van der Waals surface area contributed by atoms with Gasteiger partial charge in [-0.25, -0.2) is 0 Å². The summed E-state index contributed by atoms with van der Waals surface area (Å²) in [6.07, 6.45) is 1.64. The molecule has 1 aliphatic heterocycles. The summed E-state index contributed by atoms with van der Waals surface area (Å²) in [7, 11) is 0. The van der Waals surface area contributed by atoms with Crippen LogP contribution in [0.1, 0.15) is 59.1 Å². The first-order chi connectivity index (χ1) is 12.6. The molecular formula is C21H27NO5. The van der Waals surface area contributed by atoms with Gasteiger partial charge in [0.2, 0.25) is 0 Å². The molecule has 6 nitrogen and oxygen atoms in total. The van der Waals surface area contributed by atoms with Crippen LogP contribution in [0.15, 0.2) is 35.6 Å². The van der Waals surface area contributed by atoms with Gasteiger partial charge >= 0.3 is 5.97 Å². The minimum atomic E-state index is -0.736. The molecule has 146 valence electrons. The first-order valence-electron chi connectivity index (χ1n) is 9.15. The molecule has 0 fully saturated rings. The number of nitrogens with zero attached hydrogens (tertiary/aromatic N) is 1. The SMILES string of the molecule is CCCCN1C(=O)C(O)=C(C(=O)C(C)(C)C)C1c1ccc(OC(C)=O)cc1. The third-order valence-electron chi connectivity index (χ3n) is 4.44. The maximum Gasteiger partial charge on any atom is 0.308 e. The Bertz CT molecular complexity index is 771. The molecule has 0 saturated carbocycles. The zero-order chi connectivity index (χ0) is 20.4. The van der Waals surface area contributed by atoms with E-state index in [0.717, 1.165) is 12.8 Å². The Morgan fingerprint density at radius 2 is 1.78 bits per heavy atom. The largest absolute Gasteiger partial charge is 0.503 e. The van der Waals surface area contributed by atoms with Crippen LogP contribution >= 0.6 is 0 Å². The summed E-state index contributed by atoms with van der Waals surface area (Å²) in [5.74, 6) is -1.30. The van der Waals surface area contributed by atoms with Crippen molar-refractivity contribution in [2.75, 3.05) is 6.54 Å². The van der Waals surface area contributed by atoms with Crippen LogP contribution in [-0.4, -0.2) is 34.2 Å². The average molecular weight is 373 g/mol. The number of carbonyl (C=O) groups excluding carboxylic acids is 3. The van der Waals surface area contributed by atoms with E-state index in [2.05, 4.69) is 0 Å². The molecule has 0 bridgehead atoms. The molecule has 1 aromatic rings. The number of unbranched alkanes of at least 4 members (excludes halogenated alkanes) is 1. The number of hydrogen-bond acceptors (Lipinski definition) is 5. The highest BCUT2D eigenvalue weighted by Gasteiger charge is 2.45. The number of carbonyl (C=O) groups is 3. The van der Waals surface area contributed by atoms with Crippen LogP contribution in [0.3, 0.4) is 0 Å².